The second-order valence-electron chi connectivity index (χ2n) is 3.13. The molecule has 0 unspecified atom stereocenters. The first kappa shape index (κ1) is 11.7. The molecule has 17 heavy (non-hydrogen) atoms. The summed E-state index contributed by atoms with van der Waals surface area (Å²) in [4.78, 5) is 15.7. The van der Waals surface area contributed by atoms with E-state index in [1.165, 1.54) is 13.3 Å². The Labute approximate surface area is 106 Å². The quantitative estimate of drug-likeness (QED) is 0.946. The zero-order valence-electron chi connectivity index (χ0n) is 8.94. The van der Waals surface area contributed by atoms with Crippen LogP contribution in [0.3, 0.4) is 0 Å². The molecule has 0 bridgehead atoms. The molecule has 0 aliphatic heterocycles. The summed E-state index contributed by atoms with van der Waals surface area (Å²) in [6, 6.07) is 4.88. The minimum Gasteiger partial charge on any atom is -0.494 e. The van der Waals surface area contributed by atoms with Crippen molar-refractivity contribution < 1.29 is 13.9 Å². The van der Waals surface area contributed by atoms with Crippen LogP contribution in [0, 0.1) is 0 Å². The molecule has 1 N–H and O–H groups in total. The van der Waals surface area contributed by atoms with Gasteiger partial charge >= 0.3 is 0 Å². The minimum atomic E-state index is -0.359. The van der Waals surface area contributed by atoms with Crippen LogP contribution in [0.4, 0.5) is 5.69 Å². The zero-order valence-corrected chi connectivity index (χ0v) is 10.5. The van der Waals surface area contributed by atoms with E-state index in [2.05, 4.69) is 26.2 Å². The van der Waals surface area contributed by atoms with Crippen LogP contribution in [0.5, 0.6) is 5.75 Å². The Morgan fingerprint density at radius 3 is 2.94 bits per heavy atom. The summed E-state index contributed by atoms with van der Waals surface area (Å²) in [6.07, 6.45) is 3.09. The smallest absolute Gasteiger partial charge is 0.291 e. The Hall–Kier alpha value is -1.82. The van der Waals surface area contributed by atoms with Crippen LogP contribution in [0.25, 0.3) is 0 Å². The fourth-order valence-electron chi connectivity index (χ4n) is 1.27. The van der Waals surface area contributed by atoms with Gasteiger partial charge < -0.3 is 14.5 Å². The molecule has 0 aliphatic carbocycles. The van der Waals surface area contributed by atoms with Crippen molar-refractivity contribution in [2.75, 3.05) is 12.4 Å². The molecule has 0 saturated carbocycles. The Balaban J connectivity index is 2.18. The lowest BCUT2D eigenvalue weighted by atomic mass is 10.3. The number of halogens is 1. The number of rotatable bonds is 3. The maximum absolute atomic E-state index is 11.8. The summed E-state index contributed by atoms with van der Waals surface area (Å²) in [7, 11) is 1.52. The van der Waals surface area contributed by atoms with E-state index in [1.54, 1.807) is 24.4 Å². The van der Waals surface area contributed by atoms with Gasteiger partial charge in [0.05, 0.1) is 13.3 Å². The van der Waals surface area contributed by atoms with E-state index in [-0.39, 0.29) is 11.7 Å². The van der Waals surface area contributed by atoms with Crippen molar-refractivity contribution in [1.29, 1.82) is 0 Å². The van der Waals surface area contributed by atoms with Gasteiger partial charge in [0.25, 0.3) is 5.91 Å². The van der Waals surface area contributed by atoms with Gasteiger partial charge in [-0.3, -0.25) is 9.78 Å². The number of carbonyl (C=O) groups is 1. The Morgan fingerprint density at radius 2 is 2.29 bits per heavy atom. The molecule has 2 aromatic rings. The zero-order chi connectivity index (χ0) is 12.3. The second kappa shape index (κ2) is 5.01. The van der Waals surface area contributed by atoms with E-state index in [1.807, 2.05) is 0 Å². The number of hydrogen-bond acceptors (Lipinski definition) is 4. The van der Waals surface area contributed by atoms with Crippen LogP contribution in [-0.2, 0) is 0 Å². The molecule has 5 nitrogen and oxygen atoms in total. The molecule has 0 fully saturated rings. The summed E-state index contributed by atoms with van der Waals surface area (Å²) < 4.78 is 10.7. The number of anilines is 1. The summed E-state index contributed by atoms with van der Waals surface area (Å²) in [5.41, 5.74) is 0.493. The number of carbonyl (C=O) groups excluding carboxylic acids is 1. The predicted molar refractivity (Wildman–Crippen MR) is 65.2 cm³/mol. The number of ether oxygens (including phenoxy) is 1. The standard InChI is InChI=1S/C11H9BrN2O3/c1-16-8-4-5-13-6-7(8)14-11(15)9-2-3-10(12)17-9/h2-6H,1H3,(H,14,15). The molecule has 0 atom stereocenters. The molecule has 2 rings (SSSR count). The summed E-state index contributed by atoms with van der Waals surface area (Å²) in [5.74, 6) is 0.392. The van der Waals surface area contributed by atoms with Gasteiger partial charge in [-0.05, 0) is 28.1 Å². The highest BCUT2D eigenvalue weighted by Crippen LogP contribution is 2.23. The molecule has 0 aliphatic rings. The molecule has 6 heteroatoms. The number of aromatic nitrogens is 1. The molecular formula is C11H9BrN2O3. The van der Waals surface area contributed by atoms with Crippen molar-refractivity contribution in [2.24, 2.45) is 0 Å². The third-order valence-corrected chi connectivity index (χ3v) is 2.47. The minimum absolute atomic E-state index is 0.211. The van der Waals surface area contributed by atoms with Crippen LogP contribution in [-0.4, -0.2) is 18.0 Å². The Morgan fingerprint density at radius 1 is 1.47 bits per heavy atom. The molecule has 0 saturated heterocycles. The lowest BCUT2D eigenvalue weighted by Gasteiger charge is -2.07. The largest absolute Gasteiger partial charge is 0.494 e. The van der Waals surface area contributed by atoms with E-state index in [9.17, 15) is 4.79 Å². The Kier molecular flexibility index (Phi) is 3.43. The lowest BCUT2D eigenvalue weighted by molar-refractivity contribution is 0.0995. The topological polar surface area (TPSA) is 64.4 Å². The van der Waals surface area contributed by atoms with E-state index < -0.39 is 0 Å². The molecular weight excluding hydrogens is 288 g/mol. The molecule has 0 spiro atoms. The van der Waals surface area contributed by atoms with Crippen LogP contribution in [0.2, 0.25) is 0 Å². The van der Waals surface area contributed by atoms with Gasteiger partial charge in [0.2, 0.25) is 0 Å². The van der Waals surface area contributed by atoms with E-state index >= 15 is 0 Å². The van der Waals surface area contributed by atoms with Crippen LogP contribution in [0.1, 0.15) is 10.6 Å². The van der Waals surface area contributed by atoms with Crippen LogP contribution in [0.15, 0.2) is 39.7 Å². The number of amides is 1. The molecule has 88 valence electrons. The van der Waals surface area contributed by atoms with Gasteiger partial charge in [-0.15, -0.1) is 0 Å². The molecule has 2 heterocycles. The highest BCUT2D eigenvalue weighted by Gasteiger charge is 2.12. The monoisotopic (exact) mass is 296 g/mol. The SMILES string of the molecule is COc1ccncc1NC(=O)c1ccc(Br)o1. The summed E-state index contributed by atoms with van der Waals surface area (Å²) in [6.45, 7) is 0. The average molecular weight is 297 g/mol. The van der Waals surface area contributed by atoms with Crippen molar-refractivity contribution in [1.82, 2.24) is 4.98 Å². The number of nitrogens with zero attached hydrogens (tertiary/aromatic N) is 1. The third-order valence-electron chi connectivity index (χ3n) is 2.05. The average Bonchev–Trinajstić information content (AvgIpc) is 2.77. The van der Waals surface area contributed by atoms with Crippen molar-refractivity contribution in [3.8, 4) is 5.75 Å². The fraction of sp³-hybridized carbons (Fsp3) is 0.0909. The van der Waals surface area contributed by atoms with Gasteiger partial charge in [0.1, 0.15) is 11.4 Å². The molecule has 0 aromatic carbocycles. The summed E-state index contributed by atoms with van der Waals surface area (Å²) >= 11 is 3.13. The van der Waals surface area contributed by atoms with Crippen LogP contribution < -0.4 is 10.1 Å². The van der Waals surface area contributed by atoms with Gasteiger partial charge in [-0.1, -0.05) is 0 Å². The first-order valence-corrected chi connectivity index (χ1v) is 5.54. The van der Waals surface area contributed by atoms with Gasteiger partial charge in [-0.25, -0.2) is 0 Å². The lowest BCUT2D eigenvalue weighted by Crippen LogP contribution is -2.11. The van der Waals surface area contributed by atoms with Crippen molar-refractivity contribution in [3.05, 3.63) is 41.0 Å². The number of hydrogen-bond donors (Lipinski definition) is 1. The molecule has 2 aromatic heterocycles. The van der Waals surface area contributed by atoms with Gasteiger partial charge in [0.15, 0.2) is 10.4 Å². The summed E-state index contributed by atoms with van der Waals surface area (Å²) in [5, 5.41) is 2.65. The highest BCUT2D eigenvalue weighted by atomic mass is 79.9. The number of pyridine rings is 1. The van der Waals surface area contributed by atoms with Gasteiger partial charge in [-0.2, -0.15) is 0 Å². The van der Waals surface area contributed by atoms with E-state index in [0.717, 1.165) is 0 Å². The number of nitrogens with one attached hydrogen (secondary N) is 1. The number of furan rings is 1. The van der Waals surface area contributed by atoms with E-state index in [0.29, 0.717) is 16.1 Å². The van der Waals surface area contributed by atoms with Crippen molar-refractivity contribution in [3.63, 3.8) is 0 Å². The first-order valence-electron chi connectivity index (χ1n) is 4.75. The van der Waals surface area contributed by atoms with Gasteiger partial charge in [0, 0.05) is 12.3 Å². The Bertz CT molecular complexity index is 539. The van der Waals surface area contributed by atoms with Crippen molar-refractivity contribution >= 4 is 27.5 Å². The van der Waals surface area contributed by atoms with E-state index in [4.69, 9.17) is 9.15 Å². The maximum Gasteiger partial charge on any atom is 0.291 e. The highest BCUT2D eigenvalue weighted by molar-refractivity contribution is 9.10. The predicted octanol–water partition coefficient (Wildman–Crippen LogP) is 2.70. The van der Waals surface area contributed by atoms with Crippen LogP contribution >= 0.6 is 15.9 Å². The maximum atomic E-state index is 11.8. The van der Waals surface area contributed by atoms with Crippen molar-refractivity contribution in [2.45, 2.75) is 0 Å². The number of methoxy groups -OCH3 is 1. The fourth-order valence-corrected chi connectivity index (χ4v) is 1.58. The normalized spacial score (nSPS) is 10.0. The molecule has 1 amide bonds. The molecule has 0 radical (unpaired) electrons. The first-order chi connectivity index (χ1) is 8.20. The third kappa shape index (κ3) is 2.65. The second-order valence-corrected chi connectivity index (χ2v) is 3.92.